The van der Waals surface area contributed by atoms with E-state index >= 15 is 0 Å². The normalized spacial score (nSPS) is 10.9. The first-order chi connectivity index (χ1) is 15.1. The van der Waals surface area contributed by atoms with Crippen LogP contribution < -0.4 is 5.32 Å². The van der Waals surface area contributed by atoms with Gasteiger partial charge in [0, 0.05) is 21.7 Å². The quantitative estimate of drug-likeness (QED) is 0.346. The smallest absolute Gasteiger partial charge is 0.232 e. The SMILES string of the molecule is Cc1cnc(NC(=O)Cc2cc(SCCc3ccccc3)cc(Sc3ncn[nH]3)n2)s1. The van der Waals surface area contributed by atoms with Gasteiger partial charge in [-0.3, -0.25) is 9.89 Å². The second-order valence-electron chi connectivity index (χ2n) is 6.61. The number of amides is 1. The Balaban J connectivity index is 1.46. The van der Waals surface area contributed by atoms with Gasteiger partial charge in [0.2, 0.25) is 5.91 Å². The first kappa shape index (κ1) is 21.5. The van der Waals surface area contributed by atoms with Crippen LogP contribution in [0.15, 0.2) is 70.1 Å². The Kier molecular flexibility index (Phi) is 7.34. The number of H-pyrrole nitrogens is 1. The minimum absolute atomic E-state index is 0.135. The maximum absolute atomic E-state index is 12.5. The molecule has 1 amide bonds. The molecule has 0 saturated heterocycles. The molecule has 0 atom stereocenters. The van der Waals surface area contributed by atoms with Crippen LogP contribution in [0.25, 0.3) is 0 Å². The monoisotopic (exact) mass is 468 g/mol. The molecular formula is C21H20N6OS3. The van der Waals surface area contributed by atoms with E-state index in [1.54, 1.807) is 18.0 Å². The number of nitrogens with one attached hydrogen (secondary N) is 2. The van der Waals surface area contributed by atoms with Gasteiger partial charge in [-0.1, -0.05) is 30.3 Å². The van der Waals surface area contributed by atoms with E-state index in [2.05, 4.69) is 54.7 Å². The van der Waals surface area contributed by atoms with Crippen LogP contribution >= 0.6 is 34.9 Å². The molecule has 0 aliphatic heterocycles. The van der Waals surface area contributed by atoms with Gasteiger partial charge < -0.3 is 5.32 Å². The topological polar surface area (TPSA) is 96.5 Å². The highest BCUT2D eigenvalue weighted by Crippen LogP contribution is 2.28. The van der Waals surface area contributed by atoms with Gasteiger partial charge in [0.1, 0.15) is 11.4 Å². The molecule has 31 heavy (non-hydrogen) atoms. The van der Waals surface area contributed by atoms with Crippen molar-refractivity contribution in [3.05, 3.63) is 71.1 Å². The molecule has 4 aromatic rings. The molecule has 2 N–H and O–H groups in total. The number of hydrogen-bond donors (Lipinski definition) is 2. The van der Waals surface area contributed by atoms with Crippen LogP contribution in [0.4, 0.5) is 5.13 Å². The zero-order chi connectivity index (χ0) is 21.5. The molecule has 7 nitrogen and oxygen atoms in total. The van der Waals surface area contributed by atoms with Gasteiger partial charge in [0.05, 0.1) is 12.1 Å². The Morgan fingerprint density at radius 3 is 2.81 bits per heavy atom. The average Bonchev–Trinajstić information content (AvgIpc) is 3.40. The number of thiazole rings is 1. The minimum Gasteiger partial charge on any atom is -0.302 e. The molecule has 0 fully saturated rings. The summed E-state index contributed by atoms with van der Waals surface area (Å²) in [6, 6.07) is 14.4. The van der Waals surface area contributed by atoms with Gasteiger partial charge in [0.15, 0.2) is 10.3 Å². The standard InChI is InChI=1S/C21H20N6OS3/c1-14-12-22-20(30-14)26-18(28)10-16-9-17(29-8-7-15-5-3-2-4-6-15)11-19(25-16)31-21-23-13-24-27-21/h2-6,9,11-13H,7-8,10H2,1H3,(H,22,26,28)(H,23,24,27). The van der Waals surface area contributed by atoms with Crippen LogP contribution in [0, 0.1) is 6.92 Å². The van der Waals surface area contributed by atoms with E-state index in [1.165, 1.54) is 35.0 Å². The van der Waals surface area contributed by atoms with Crippen molar-refractivity contribution in [3.8, 4) is 0 Å². The number of aromatic nitrogens is 5. The lowest BCUT2D eigenvalue weighted by Gasteiger charge is -2.08. The molecule has 0 saturated carbocycles. The number of pyridine rings is 1. The summed E-state index contributed by atoms with van der Waals surface area (Å²) in [5.41, 5.74) is 2.01. The van der Waals surface area contributed by atoms with E-state index in [-0.39, 0.29) is 12.3 Å². The van der Waals surface area contributed by atoms with Crippen molar-refractivity contribution in [2.24, 2.45) is 0 Å². The predicted molar refractivity (Wildman–Crippen MR) is 125 cm³/mol. The number of carbonyl (C=O) groups is 1. The summed E-state index contributed by atoms with van der Waals surface area (Å²) in [4.78, 5) is 27.6. The number of aromatic amines is 1. The highest BCUT2D eigenvalue weighted by atomic mass is 32.2. The third-order valence-electron chi connectivity index (χ3n) is 4.13. The molecule has 0 aliphatic rings. The van der Waals surface area contributed by atoms with Crippen LogP contribution in [0.5, 0.6) is 0 Å². The van der Waals surface area contributed by atoms with E-state index < -0.39 is 0 Å². The number of thioether (sulfide) groups is 1. The number of anilines is 1. The molecule has 158 valence electrons. The number of aryl methyl sites for hydroxylation is 2. The first-order valence-electron chi connectivity index (χ1n) is 9.57. The Morgan fingerprint density at radius 2 is 2.06 bits per heavy atom. The summed E-state index contributed by atoms with van der Waals surface area (Å²) in [7, 11) is 0. The van der Waals surface area contributed by atoms with Crippen molar-refractivity contribution < 1.29 is 4.79 Å². The Labute approximate surface area is 192 Å². The van der Waals surface area contributed by atoms with Gasteiger partial charge in [-0.05, 0) is 42.8 Å². The third-order valence-corrected chi connectivity index (χ3v) is 6.75. The summed E-state index contributed by atoms with van der Waals surface area (Å²) in [5, 5.41) is 11.6. The summed E-state index contributed by atoms with van der Waals surface area (Å²) in [6.07, 6.45) is 4.35. The van der Waals surface area contributed by atoms with Crippen LogP contribution in [0.3, 0.4) is 0 Å². The molecule has 1 aromatic carbocycles. The predicted octanol–water partition coefficient (Wildman–Crippen LogP) is 4.63. The number of hydrogen-bond acceptors (Lipinski definition) is 8. The maximum atomic E-state index is 12.5. The molecule has 0 spiro atoms. The van der Waals surface area contributed by atoms with E-state index in [1.807, 2.05) is 25.1 Å². The highest BCUT2D eigenvalue weighted by molar-refractivity contribution is 8.00. The van der Waals surface area contributed by atoms with Crippen molar-refractivity contribution in [3.63, 3.8) is 0 Å². The fourth-order valence-electron chi connectivity index (χ4n) is 2.77. The average molecular weight is 469 g/mol. The van der Waals surface area contributed by atoms with Crippen molar-refractivity contribution in [1.82, 2.24) is 25.1 Å². The van der Waals surface area contributed by atoms with Crippen molar-refractivity contribution >= 4 is 45.9 Å². The van der Waals surface area contributed by atoms with Crippen LogP contribution in [0.1, 0.15) is 16.1 Å². The lowest BCUT2D eigenvalue weighted by atomic mass is 10.2. The van der Waals surface area contributed by atoms with Crippen molar-refractivity contribution in [1.29, 1.82) is 0 Å². The van der Waals surface area contributed by atoms with E-state index in [9.17, 15) is 4.79 Å². The zero-order valence-corrected chi connectivity index (χ0v) is 19.2. The summed E-state index contributed by atoms with van der Waals surface area (Å²) in [6.45, 7) is 1.96. The van der Waals surface area contributed by atoms with E-state index in [4.69, 9.17) is 0 Å². The fourth-order valence-corrected chi connectivity index (χ4v) is 5.26. The lowest BCUT2D eigenvalue weighted by molar-refractivity contribution is -0.115. The Bertz CT molecular complexity index is 1130. The molecular weight excluding hydrogens is 448 g/mol. The van der Waals surface area contributed by atoms with Crippen molar-refractivity contribution in [2.45, 2.75) is 34.8 Å². The summed E-state index contributed by atoms with van der Waals surface area (Å²) >= 11 is 4.59. The molecule has 0 unspecified atom stereocenters. The first-order valence-corrected chi connectivity index (χ1v) is 12.2. The summed E-state index contributed by atoms with van der Waals surface area (Å²) in [5.74, 6) is 0.800. The van der Waals surface area contributed by atoms with Gasteiger partial charge in [0.25, 0.3) is 0 Å². The lowest BCUT2D eigenvalue weighted by Crippen LogP contribution is -2.15. The largest absolute Gasteiger partial charge is 0.302 e. The fraction of sp³-hybridized carbons (Fsp3) is 0.190. The molecule has 3 aromatic heterocycles. The van der Waals surface area contributed by atoms with Gasteiger partial charge in [-0.15, -0.1) is 23.1 Å². The zero-order valence-electron chi connectivity index (χ0n) is 16.7. The number of nitrogens with zero attached hydrogens (tertiary/aromatic N) is 4. The minimum atomic E-state index is -0.135. The number of rotatable bonds is 9. The molecule has 4 rings (SSSR count). The molecule has 3 heterocycles. The van der Waals surface area contributed by atoms with Crippen LogP contribution in [-0.2, 0) is 17.6 Å². The Morgan fingerprint density at radius 1 is 1.19 bits per heavy atom. The van der Waals surface area contributed by atoms with Crippen molar-refractivity contribution in [2.75, 3.05) is 11.1 Å². The second-order valence-corrected chi connectivity index (χ2v) is 10.0. The van der Waals surface area contributed by atoms with Crippen LogP contribution in [-0.4, -0.2) is 36.8 Å². The number of carbonyl (C=O) groups excluding carboxylic acids is 1. The van der Waals surface area contributed by atoms with Gasteiger partial charge in [-0.25, -0.2) is 15.0 Å². The molecule has 10 heteroatoms. The Hall–Kier alpha value is -2.69. The number of benzene rings is 1. The maximum Gasteiger partial charge on any atom is 0.232 e. The van der Waals surface area contributed by atoms with Gasteiger partial charge in [-0.2, -0.15) is 5.10 Å². The summed E-state index contributed by atoms with van der Waals surface area (Å²) < 4.78 is 0. The van der Waals surface area contributed by atoms with E-state index in [0.717, 1.165) is 27.0 Å². The molecule has 0 radical (unpaired) electrons. The third kappa shape index (κ3) is 6.65. The molecule has 0 bridgehead atoms. The molecule has 0 aliphatic carbocycles. The second kappa shape index (κ2) is 10.6. The van der Waals surface area contributed by atoms with E-state index in [0.29, 0.717) is 16.0 Å². The van der Waals surface area contributed by atoms with Gasteiger partial charge >= 0.3 is 0 Å². The highest BCUT2D eigenvalue weighted by Gasteiger charge is 2.12. The van der Waals surface area contributed by atoms with Crippen LogP contribution in [0.2, 0.25) is 0 Å².